The van der Waals surface area contributed by atoms with Gasteiger partial charge in [0.05, 0.1) is 12.2 Å². The van der Waals surface area contributed by atoms with Crippen LogP contribution in [0.15, 0.2) is 65.0 Å². The summed E-state index contributed by atoms with van der Waals surface area (Å²) in [6.45, 7) is 6.76. The van der Waals surface area contributed by atoms with E-state index in [1.807, 2.05) is 55.5 Å². The van der Waals surface area contributed by atoms with Gasteiger partial charge in [0, 0.05) is 27.6 Å². The minimum absolute atomic E-state index is 0.295. The predicted octanol–water partition coefficient (Wildman–Crippen LogP) is 7.03. The molecule has 2 heterocycles. The summed E-state index contributed by atoms with van der Waals surface area (Å²) < 4.78 is 13.7. The van der Waals surface area contributed by atoms with E-state index in [2.05, 4.69) is 19.2 Å². The number of anilines is 1. The SMILES string of the molecule is CCCCOC(=O)C1=C(C)Nc2nc(SCCCC)nn2C1c1ccccc1OCc1ccccc1Cl. The molecular formula is C28H33ClN4O3S. The van der Waals surface area contributed by atoms with E-state index in [0.717, 1.165) is 42.6 Å². The zero-order chi connectivity index (χ0) is 26.2. The average Bonchev–Trinajstić information content (AvgIpc) is 3.30. The van der Waals surface area contributed by atoms with Crippen molar-refractivity contribution in [3.8, 4) is 5.75 Å². The first kappa shape index (κ1) is 27.1. The number of fused-ring (bicyclic) bond motifs is 1. The molecule has 37 heavy (non-hydrogen) atoms. The van der Waals surface area contributed by atoms with Crippen molar-refractivity contribution in [2.24, 2.45) is 0 Å². The lowest BCUT2D eigenvalue weighted by Crippen LogP contribution is -2.30. The van der Waals surface area contributed by atoms with Crippen molar-refractivity contribution < 1.29 is 14.3 Å². The van der Waals surface area contributed by atoms with Crippen molar-refractivity contribution in [3.05, 3.63) is 76.0 Å². The van der Waals surface area contributed by atoms with E-state index >= 15 is 0 Å². The molecule has 1 unspecified atom stereocenters. The molecule has 7 nitrogen and oxygen atoms in total. The van der Waals surface area contributed by atoms with Crippen LogP contribution in [-0.2, 0) is 16.1 Å². The molecule has 0 fully saturated rings. The largest absolute Gasteiger partial charge is 0.488 e. The molecule has 0 radical (unpaired) electrons. The van der Waals surface area contributed by atoms with Gasteiger partial charge in [-0.15, -0.1) is 5.10 Å². The van der Waals surface area contributed by atoms with Crippen LogP contribution in [0.1, 0.15) is 63.6 Å². The van der Waals surface area contributed by atoms with E-state index in [0.29, 0.717) is 46.4 Å². The molecule has 4 rings (SSSR count). The Kier molecular flexibility index (Phi) is 9.52. The lowest BCUT2D eigenvalue weighted by molar-refractivity contribution is -0.139. The van der Waals surface area contributed by atoms with Crippen molar-refractivity contribution in [3.63, 3.8) is 0 Å². The Hall–Kier alpha value is -2.97. The van der Waals surface area contributed by atoms with Gasteiger partial charge in [0.15, 0.2) is 0 Å². The molecule has 3 aromatic rings. The van der Waals surface area contributed by atoms with Gasteiger partial charge in [0.1, 0.15) is 18.4 Å². The molecule has 0 aliphatic carbocycles. The minimum Gasteiger partial charge on any atom is -0.488 e. The Bertz CT molecular complexity index is 1260. The summed E-state index contributed by atoms with van der Waals surface area (Å²) in [4.78, 5) is 18.1. The highest BCUT2D eigenvalue weighted by molar-refractivity contribution is 7.99. The summed E-state index contributed by atoms with van der Waals surface area (Å²) in [7, 11) is 0. The fourth-order valence-corrected chi connectivity index (χ4v) is 5.15. The van der Waals surface area contributed by atoms with E-state index in [4.69, 9.17) is 31.2 Å². The number of unbranched alkanes of at least 4 members (excludes halogenated alkanes) is 2. The van der Waals surface area contributed by atoms with E-state index in [1.54, 1.807) is 16.4 Å². The third-order valence-corrected chi connectivity index (χ3v) is 7.36. The summed E-state index contributed by atoms with van der Waals surface area (Å²) in [5.41, 5.74) is 2.87. The van der Waals surface area contributed by atoms with Crippen LogP contribution in [0.3, 0.4) is 0 Å². The molecule has 1 aliphatic rings. The molecule has 1 aliphatic heterocycles. The van der Waals surface area contributed by atoms with Crippen LogP contribution in [0.5, 0.6) is 5.75 Å². The topological polar surface area (TPSA) is 78.3 Å². The highest BCUT2D eigenvalue weighted by atomic mass is 35.5. The zero-order valence-electron chi connectivity index (χ0n) is 21.5. The van der Waals surface area contributed by atoms with E-state index < -0.39 is 6.04 Å². The average molecular weight is 541 g/mol. The van der Waals surface area contributed by atoms with Crippen LogP contribution < -0.4 is 10.1 Å². The number of carbonyl (C=O) groups is 1. The number of thioether (sulfide) groups is 1. The van der Waals surface area contributed by atoms with Crippen molar-refractivity contribution in [2.45, 2.75) is 64.3 Å². The van der Waals surface area contributed by atoms with Crippen LogP contribution in [0.2, 0.25) is 5.02 Å². The maximum absolute atomic E-state index is 13.4. The van der Waals surface area contributed by atoms with Crippen molar-refractivity contribution in [1.82, 2.24) is 14.8 Å². The van der Waals surface area contributed by atoms with Gasteiger partial charge in [-0.3, -0.25) is 0 Å². The number of esters is 1. The van der Waals surface area contributed by atoms with Gasteiger partial charge in [-0.2, -0.15) is 4.98 Å². The molecule has 0 amide bonds. The minimum atomic E-state index is -0.555. The second-order valence-electron chi connectivity index (χ2n) is 8.84. The number of allylic oxidation sites excluding steroid dienone is 1. The summed E-state index contributed by atoms with van der Waals surface area (Å²) in [5, 5.41) is 9.39. The fourth-order valence-electron chi connectivity index (χ4n) is 4.05. The number of hydrogen-bond donors (Lipinski definition) is 1. The van der Waals surface area contributed by atoms with E-state index in [1.165, 1.54) is 0 Å². The summed E-state index contributed by atoms with van der Waals surface area (Å²) in [6.07, 6.45) is 3.93. The lowest BCUT2D eigenvalue weighted by atomic mass is 9.95. The second kappa shape index (κ2) is 13.0. The molecule has 196 valence electrons. The van der Waals surface area contributed by atoms with Crippen LogP contribution in [0.4, 0.5) is 5.95 Å². The van der Waals surface area contributed by atoms with Gasteiger partial charge < -0.3 is 14.8 Å². The van der Waals surface area contributed by atoms with Crippen LogP contribution >= 0.6 is 23.4 Å². The van der Waals surface area contributed by atoms with Gasteiger partial charge in [0.2, 0.25) is 11.1 Å². The second-order valence-corrected chi connectivity index (χ2v) is 10.3. The predicted molar refractivity (Wildman–Crippen MR) is 148 cm³/mol. The van der Waals surface area contributed by atoms with E-state index in [-0.39, 0.29) is 5.97 Å². The van der Waals surface area contributed by atoms with Crippen LogP contribution in [0.25, 0.3) is 0 Å². The highest BCUT2D eigenvalue weighted by Gasteiger charge is 2.36. The Morgan fingerprint density at radius 3 is 2.65 bits per heavy atom. The van der Waals surface area contributed by atoms with Crippen LogP contribution in [-0.4, -0.2) is 33.1 Å². The number of nitrogens with zero attached hydrogens (tertiary/aromatic N) is 3. The number of para-hydroxylation sites is 1. The standard InChI is InChI=1S/C28H33ClN4O3S/c1-4-6-16-35-26(34)24-19(3)30-27-31-28(37-17-7-5-2)32-33(27)25(24)21-13-9-11-15-23(21)36-18-20-12-8-10-14-22(20)29/h8-15,25H,4-7,16-18H2,1-3H3,(H,30,31,32). The molecule has 1 atom stereocenters. The summed E-state index contributed by atoms with van der Waals surface area (Å²) in [5.74, 6) is 1.79. The number of aromatic nitrogens is 3. The number of benzene rings is 2. The van der Waals surface area contributed by atoms with E-state index in [9.17, 15) is 4.79 Å². The number of halogens is 1. The van der Waals surface area contributed by atoms with Crippen molar-refractivity contribution >= 4 is 35.3 Å². The first-order valence-electron chi connectivity index (χ1n) is 12.7. The number of nitrogens with one attached hydrogen (secondary N) is 1. The smallest absolute Gasteiger partial charge is 0.338 e. The normalized spacial score (nSPS) is 14.8. The van der Waals surface area contributed by atoms with Gasteiger partial charge in [-0.1, -0.05) is 86.5 Å². The van der Waals surface area contributed by atoms with Crippen LogP contribution in [0, 0.1) is 0 Å². The highest BCUT2D eigenvalue weighted by Crippen LogP contribution is 2.40. The van der Waals surface area contributed by atoms with Crippen molar-refractivity contribution in [1.29, 1.82) is 0 Å². The third-order valence-electron chi connectivity index (χ3n) is 6.07. The fraction of sp³-hybridized carbons (Fsp3) is 0.393. The lowest BCUT2D eigenvalue weighted by Gasteiger charge is -2.29. The number of carbonyl (C=O) groups excluding carboxylic acids is 1. The number of rotatable bonds is 12. The third kappa shape index (κ3) is 6.48. The maximum Gasteiger partial charge on any atom is 0.338 e. The summed E-state index contributed by atoms with van der Waals surface area (Å²) >= 11 is 7.98. The van der Waals surface area contributed by atoms with Gasteiger partial charge >= 0.3 is 5.97 Å². The Morgan fingerprint density at radius 1 is 1.11 bits per heavy atom. The molecule has 0 saturated heterocycles. The Morgan fingerprint density at radius 2 is 1.86 bits per heavy atom. The first-order chi connectivity index (χ1) is 18.0. The number of hydrogen-bond acceptors (Lipinski definition) is 7. The zero-order valence-corrected chi connectivity index (χ0v) is 23.1. The molecule has 1 N–H and O–H groups in total. The van der Waals surface area contributed by atoms with Crippen molar-refractivity contribution in [2.75, 3.05) is 17.7 Å². The molecular weight excluding hydrogens is 508 g/mol. The molecule has 0 saturated carbocycles. The maximum atomic E-state index is 13.4. The Balaban J connectivity index is 1.72. The number of ether oxygens (including phenoxy) is 2. The molecule has 9 heteroatoms. The monoisotopic (exact) mass is 540 g/mol. The molecule has 2 aromatic carbocycles. The quantitative estimate of drug-likeness (QED) is 0.150. The van der Waals surface area contributed by atoms with Gasteiger partial charge in [-0.25, -0.2) is 9.48 Å². The Labute approximate surface area is 227 Å². The summed E-state index contributed by atoms with van der Waals surface area (Å²) in [6, 6.07) is 14.7. The first-order valence-corrected chi connectivity index (χ1v) is 14.1. The van der Waals surface area contributed by atoms with Gasteiger partial charge in [-0.05, 0) is 31.9 Å². The molecule has 0 spiro atoms. The molecule has 1 aromatic heterocycles. The molecule has 0 bridgehead atoms. The van der Waals surface area contributed by atoms with Gasteiger partial charge in [0.25, 0.3) is 0 Å².